The molecule has 11 rings (SSSR count). The normalized spacial score (nSPS) is 11.5. The van der Waals surface area contributed by atoms with Gasteiger partial charge in [0.05, 0.1) is 17.1 Å². The first-order chi connectivity index (χ1) is 28.3. The van der Waals surface area contributed by atoms with Crippen molar-refractivity contribution in [2.45, 2.75) is 0 Å². The highest BCUT2D eigenvalue weighted by molar-refractivity contribution is 7.26. The van der Waals surface area contributed by atoms with E-state index >= 15 is 0 Å². The molecule has 3 heterocycles. The second-order valence-corrected chi connectivity index (χ2v) is 15.2. The van der Waals surface area contributed by atoms with Crippen LogP contribution in [0, 0.1) is 0 Å². The first-order valence-electron chi connectivity index (χ1n) is 19.1. The van der Waals surface area contributed by atoms with E-state index in [9.17, 15) is 0 Å². The van der Waals surface area contributed by atoms with Gasteiger partial charge in [-0.15, -0.1) is 11.3 Å². The highest BCUT2D eigenvalue weighted by Crippen LogP contribution is 2.48. The molecule has 0 saturated heterocycles. The molecule has 0 radical (unpaired) electrons. The summed E-state index contributed by atoms with van der Waals surface area (Å²) in [6.07, 6.45) is 0. The fourth-order valence-corrected chi connectivity index (χ4v) is 9.24. The molecule has 268 valence electrons. The van der Waals surface area contributed by atoms with Gasteiger partial charge >= 0.3 is 0 Å². The third-order valence-corrected chi connectivity index (χ3v) is 11.8. The van der Waals surface area contributed by atoms with Gasteiger partial charge in [-0.25, -0.2) is 9.97 Å². The number of nitrogens with zero attached hydrogens (tertiary/aromatic N) is 3. The second kappa shape index (κ2) is 13.7. The summed E-state index contributed by atoms with van der Waals surface area (Å²) < 4.78 is 9.20. The predicted octanol–water partition coefficient (Wildman–Crippen LogP) is 14.9. The molecule has 57 heavy (non-hydrogen) atoms. The van der Waals surface area contributed by atoms with E-state index in [1.54, 1.807) is 0 Å². The Morgan fingerprint density at radius 3 is 1.86 bits per heavy atom. The number of fused-ring (bicyclic) bond motifs is 6. The lowest BCUT2D eigenvalue weighted by atomic mass is 9.98. The van der Waals surface area contributed by atoms with Gasteiger partial charge in [0.15, 0.2) is 11.4 Å². The second-order valence-electron chi connectivity index (χ2n) is 14.1. The molecular weight excluding hydrogens is 715 g/mol. The molecule has 0 atom stereocenters. The molecule has 0 aliphatic heterocycles. The van der Waals surface area contributed by atoms with Crippen molar-refractivity contribution in [2.24, 2.45) is 0 Å². The Balaban J connectivity index is 1.11. The number of hydrogen-bond donors (Lipinski definition) is 0. The summed E-state index contributed by atoms with van der Waals surface area (Å²) in [5.74, 6) is 0.708. The number of hydrogen-bond acceptors (Lipinski definition) is 5. The summed E-state index contributed by atoms with van der Waals surface area (Å²) in [7, 11) is 0. The minimum Gasteiger partial charge on any atom is -0.454 e. The van der Waals surface area contributed by atoms with Crippen LogP contribution in [0.15, 0.2) is 205 Å². The number of furan rings is 1. The van der Waals surface area contributed by atoms with E-state index in [0.717, 1.165) is 78.2 Å². The van der Waals surface area contributed by atoms with Crippen LogP contribution in [0.25, 0.3) is 87.1 Å². The molecular formula is C52H33N3OS. The summed E-state index contributed by atoms with van der Waals surface area (Å²) in [4.78, 5) is 12.6. The Morgan fingerprint density at radius 1 is 0.421 bits per heavy atom. The van der Waals surface area contributed by atoms with Crippen LogP contribution in [-0.2, 0) is 0 Å². The number of thiophene rings is 1. The highest BCUT2D eigenvalue weighted by atomic mass is 32.1. The van der Waals surface area contributed by atoms with E-state index < -0.39 is 0 Å². The van der Waals surface area contributed by atoms with Crippen LogP contribution < -0.4 is 4.90 Å². The molecule has 0 fully saturated rings. The van der Waals surface area contributed by atoms with Gasteiger partial charge < -0.3 is 9.32 Å². The number of aromatic nitrogens is 2. The molecule has 0 unspecified atom stereocenters. The van der Waals surface area contributed by atoms with Crippen molar-refractivity contribution in [2.75, 3.05) is 4.90 Å². The lowest BCUT2D eigenvalue weighted by Gasteiger charge is -2.26. The van der Waals surface area contributed by atoms with Crippen LogP contribution in [-0.4, -0.2) is 9.97 Å². The molecule has 0 saturated carbocycles. The van der Waals surface area contributed by atoms with Crippen molar-refractivity contribution in [3.63, 3.8) is 0 Å². The molecule has 0 spiro atoms. The zero-order valence-corrected chi connectivity index (χ0v) is 31.5. The maximum Gasteiger partial charge on any atom is 0.160 e. The molecule has 4 nitrogen and oxygen atoms in total. The Bertz CT molecular complexity index is 3170. The van der Waals surface area contributed by atoms with E-state index in [1.807, 2.05) is 41.7 Å². The van der Waals surface area contributed by atoms with Crippen molar-refractivity contribution >= 4 is 70.5 Å². The number of para-hydroxylation sites is 2. The largest absolute Gasteiger partial charge is 0.454 e. The first kappa shape index (κ1) is 33.0. The van der Waals surface area contributed by atoms with Crippen molar-refractivity contribution in [1.82, 2.24) is 9.97 Å². The van der Waals surface area contributed by atoms with Crippen molar-refractivity contribution in [1.29, 1.82) is 0 Å². The summed E-state index contributed by atoms with van der Waals surface area (Å²) in [6, 6.07) is 70.1. The number of benzene rings is 8. The minimum absolute atomic E-state index is 0.708. The molecule has 0 N–H and O–H groups in total. The van der Waals surface area contributed by atoms with Crippen LogP contribution >= 0.6 is 11.3 Å². The van der Waals surface area contributed by atoms with E-state index in [0.29, 0.717) is 5.82 Å². The summed E-state index contributed by atoms with van der Waals surface area (Å²) in [5, 5.41) is 4.59. The van der Waals surface area contributed by atoms with E-state index in [4.69, 9.17) is 14.4 Å². The van der Waals surface area contributed by atoms with Crippen molar-refractivity contribution in [3.05, 3.63) is 200 Å². The zero-order chi connectivity index (χ0) is 37.7. The van der Waals surface area contributed by atoms with Crippen LogP contribution in [0.3, 0.4) is 0 Å². The van der Waals surface area contributed by atoms with Crippen LogP contribution in [0.1, 0.15) is 0 Å². The minimum atomic E-state index is 0.708. The standard InChI is InChI=1S/C52H33N3OS/c1-5-16-34(17-6-1)39-30-31-45(51-50(39)41-24-13-14-26-46(41)56-51)55(37-22-11-4-12-23-37)38-28-29-42-48(32-38)57-47-27-15-25-40(49(42)47)44-33-43(35-18-7-2-8-19-35)53-52(54-44)36-20-9-3-10-21-36/h1-33H. The van der Waals surface area contributed by atoms with Gasteiger partial charge in [-0.1, -0.05) is 152 Å². The molecule has 3 aromatic heterocycles. The fourth-order valence-electron chi connectivity index (χ4n) is 8.08. The topological polar surface area (TPSA) is 42.2 Å². The van der Waals surface area contributed by atoms with Gasteiger partial charge in [-0.2, -0.15) is 0 Å². The number of anilines is 3. The van der Waals surface area contributed by atoms with E-state index in [-0.39, 0.29) is 0 Å². The van der Waals surface area contributed by atoms with Crippen LogP contribution in [0.4, 0.5) is 17.1 Å². The van der Waals surface area contributed by atoms with Gasteiger partial charge in [0.1, 0.15) is 5.58 Å². The molecule has 0 bridgehead atoms. The molecule has 11 aromatic rings. The monoisotopic (exact) mass is 747 g/mol. The Labute approximate surface area is 333 Å². The summed E-state index contributed by atoms with van der Waals surface area (Å²) in [5.41, 5.74) is 12.0. The third kappa shape index (κ3) is 5.76. The van der Waals surface area contributed by atoms with Gasteiger partial charge in [0.25, 0.3) is 0 Å². The smallest absolute Gasteiger partial charge is 0.160 e. The molecule has 8 aromatic carbocycles. The Morgan fingerprint density at radius 2 is 1.09 bits per heavy atom. The van der Waals surface area contributed by atoms with E-state index in [2.05, 4.69) is 175 Å². The zero-order valence-electron chi connectivity index (χ0n) is 30.7. The average molecular weight is 748 g/mol. The number of rotatable bonds is 7. The molecule has 0 aliphatic carbocycles. The van der Waals surface area contributed by atoms with E-state index in [1.165, 1.54) is 20.2 Å². The Kier molecular flexibility index (Phi) is 7.97. The van der Waals surface area contributed by atoms with Gasteiger partial charge in [0, 0.05) is 59.0 Å². The quantitative estimate of drug-likeness (QED) is 0.163. The maximum atomic E-state index is 6.80. The third-order valence-electron chi connectivity index (χ3n) is 10.7. The van der Waals surface area contributed by atoms with Gasteiger partial charge in [-0.3, -0.25) is 0 Å². The fraction of sp³-hybridized carbons (Fsp3) is 0. The summed E-state index contributed by atoms with van der Waals surface area (Å²) in [6.45, 7) is 0. The van der Waals surface area contributed by atoms with Crippen molar-refractivity contribution < 1.29 is 4.42 Å². The van der Waals surface area contributed by atoms with Crippen molar-refractivity contribution in [3.8, 4) is 45.0 Å². The maximum absolute atomic E-state index is 6.80. The molecule has 0 amide bonds. The lowest BCUT2D eigenvalue weighted by molar-refractivity contribution is 0.669. The summed E-state index contributed by atoms with van der Waals surface area (Å²) >= 11 is 1.81. The first-order valence-corrected chi connectivity index (χ1v) is 19.9. The molecule has 5 heteroatoms. The average Bonchev–Trinajstić information content (AvgIpc) is 3.87. The predicted molar refractivity (Wildman–Crippen MR) is 239 cm³/mol. The molecule has 0 aliphatic rings. The lowest BCUT2D eigenvalue weighted by Crippen LogP contribution is -2.10. The Hall–Kier alpha value is -7.34. The highest BCUT2D eigenvalue weighted by Gasteiger charge is 2.23. The SMILES string of the molecule is c1ccc(-c2cc(-c3cccc4sc5cc(N(c6ccccc6)c6ccc(-c7ccccc7)c7c6oc6ccccc67)ccc5c34)nc(-c3ccccc3)n2)cc1. The van der Waals surface area contributed by atoms with Gasteiger partial charge in [0.2, 0.25) is 0 Å². The van der Waals surface area contributed by atoms with Crippen LogP contribution in [0.5, 0.6) is 0 Å². The van der Waals surface area contributed by atoms with Gasteiger partial charge in [-0.05, 0) is 59.7 Å². The van der Waals surface area contributed by atoms with Crippen LogP contribution in [0.2, 0.25) is 0 Å².